The summed E-state index contributed by atoms with van der Waals surface area (Å²) in [5.41, 5.74) is 1.44. The summed E-state index contributed by atoms with van der Waals surface area (Å²) < 4.78 is 0. The molecule has 0 spiro atoms. The first kappa shape index (κ1) is 5.81. The lowest BCUT2D eigenvalue weighted by Gasteiger charge is -1.89. The third kappa shape index (κ3) is 1.07. The van der Waals surface area contributed by atoms with Crippen LogP contribution in [0.2, 0.25) is 0 Å². The summed E-state index contributed by atoms with van der Waals surface area (Å²) in [6.07, 6.45) is 1.59. The second kappa shape index (κ2) is 2.30. The molecule has 0 amide bonds. The van der Waals surface area contributed by atoms with Crippen molar-refractivity contribution in [2.45, 2.75) is 6.92 Å². The van der Waals surface area contributed by atoms with Crippen LogP contribution in [0.25, 0.3) is 6.08 Å². The number of nitrogens with zero attached hydrogens (tertiary/aromatic N) is 4. The Morgan fingerprint density at radius 3 is 2.44 bits per heavy atom. The van der Waals surface area contributed by atoms with Gasteiger partial charge < -0.3 is 0 Å². The van der Waals surface area contributed by atoms with E-state index >= 15 is 0 Å². The van der Waals surface area contributed by atoms with Crippen LogP contribution in [0, 0.1) is 6.92 Å². The van der Waals surface area contributed by atoms with E-state index in [0.717, 1.165) is 5.69 Å². The van der Waals surface area contributed by atoms with Crippen molar-refractivity contribution < 1.29 is 0 Å². The molecule has 4 nitrogen and oxygen atoms in total. The Morgan fingerprint density at radius 2 is 2.00 bits per heavy atom. The van der Waals surface area contributed by atoms with Gasteiger partial charge >= 0.3 is 0 Å². The zero-order valence-electron chi connectivity index (χ0n) is 5.07. The largest absolute Gasteiger partial charge is 0.132 e. The van der Waals surface area contributed by atoms with E-state index in [1.807, 2.05) is 0 Å². The van der Waals surface area contributed by atoms with Gasteiger partial charge in [0.15, 0.2) is 0 Å². The molecule has 9 heavy (non-hydrogen) atoms. The third-order valence-corrected chi connectivity index (χ3v) is 0.951. The fourth-order valence-electron chi connectivity index (χ4n) is 0.467. The van der Waals surface area contributed by atoms with Gasteiger partial charge in [-0.05, 0) is 23.4 Å². The molecule has 0 aliphatic rings. The van der Waals surface area contributed by atoms with E-state index < -0.39 is 0 Å². The van der Waals surface area contributed by atoms with Gasteiger partial charge in [-0.15, -0.1) is 10.2 Å². The third-order valence-electron chi connectivity index (χ3n) is 0.951. The molecule has 0 saturated heterocycles. The summed E-state index contributed by atoms with van der Waals surface area (Å²) in [6, 6.07) is 0. The average molecular weight is 122 g/mol. The molecule has 1 rings (SSSR count). The van der Waals surface area contributed by atoms with Crippen LogP contribution in [0.15, 0.2) is 6.58 Å². The predicted octanol–water partition coefficient (Wildman–Crippen LogP) is 0.218. The summed E-state index contributed by atoms with van der Waals surface area (Å²) in [4.78, 5) is 0. The van der Waals surface area contributed by atoms with Gasteiger partial charge in [0.2, 0.25) is 0 Å². The summed E-state index contributed by atoms with van der Waals surface area (Å²) >= 11 is 0. The highest BCUT2D eigenvalue weighted by atomic mass is 15.4. The second-order valence-electron chi connectivity index (χ2n) is 1.55. The van der Waals surface area contributed by atoms with E-state index in [4.69, 9.17) is 0 Å². The molecule has 0 aliphatic heterocycles. The van der Waals surface area contributed by atoms with Crippen molar-refractivity contribution in [3.8, 4) is 0 Å². The average Bonchev–Trinajstić information content (AvgIpc) is 1.89. The Balaban J connectivity index is 3.15. The highest BCUT2D eigenvalue weighted by Crippen LogP contribution is 1.95. The van der Waals surface area contributed by atoms with Gasteiger partial charge in [-0.25, -0.2) is 0 Å². The minimum atomic E-state index is 0.685. The topological polar surface area (TPSA) is 51.6 Å². The molecule has 0 atom stereocenters. The van der Waals surface area contributed by atoms with Crippen LogP contribution in [0.1, 0.15) is 11.4 Å². The van der Waals surface area contributed by atoms with Gasteiger partial charge in [-0.1, -0.05) is 6.58 Å². The number of hydrogen-bond acceptors (Lipinski definition) is 4. The molecular weight excluding hydrogens is 116 g/mol. The second-order valence-corrected chi connectivity index (χ2v) is 1.55. The maximum Gasteiger partial charge on any atom is 0.110 e. The molecule has 0 saturated carbocycles. The summed E-state index contributed by atoms with van der Waals surface area (Å²) in [5.74, 6) is 0. The van der Waals surface area contributed by atoms with E-state index in [-0.39, 0.29) is 0 Å². The van der Waals surface area contributed by atoms with Gasteiger partial charge in [0, 0.05) is 0 Å². The minimum Gasteiger partial charge on any atom is -0.132 e. The first-order chi connectivity index (χ1) is 4.34. The van der Waals surface area contributed by atoms with Crippen molar-refractivity contribution in [1.29, 1.82) is 0 Å². The molecule has 4 heteroatoms. The molecule has 0 unspecified atom stereocenters. The number of aryl methyl sites for hydroxylation is 1. The zero-order valence-corrected chi connectivity index (χ0v) is 5.07. The van der Waals surface area contributed by atoms with E-state index in [9.17, 15) is 0 Å². The van der Waals surface area contributed by atoms with Gasteiger partial charge in [0.05, 0.1) is 5.69 Å². The highest BCUT2D eigenvalue weighted by Gasteiger charge is 1.93. The van der Waals surface area contributed by atoms with Crippen LogP contribution in [-0.4, -0.2) is 20.6 Å². The molecule has 1 aromatic heterocycles. The fourth-order valence-corrected chi connectivity index (χ4v) is 0.467. The minimum absolute atomic E-state index is 0.685. The monoisotopic (exact) mass is 122 g/mol. The van der Waals surface area contributed by atoms with Crippen molar-refractivity contribution >= 4 is 6.08 Å². The number of aromatic nitrogens is 4. The van der Waals surface area contributed by atoms with Gasteiger partial charge in [-0.2, -0.15) is 0 Å². The molecule has 0 N–H and O–H groups in total. The Morgan fingerprint density at radius 1 is 1.33 bits per heavy atom. The van der Waals surface area contributed by atoms with Crippen LogP contribution in [0.3, 0.4) is 0 Å². The molecule has 0 radical (unpaired) electrons. The fraction of sp³-hybridized carbons (Fsp3) is 0.200. The predicted molar refractivity (Wildman–Crippen MR) is 32.4 cm³/mol. The molecule has 0 aliphatic carbocycles. The molecule has 1 heterocycles. The van der Waals surface area contributed by atoms with Crippen molar-refractivity contribution in [3.63, 3.8) is 0 Å². The quantitative estimate of drug-likeness (QED) is 0.534. The van der Waals surface area contributed by atoms with Crippen molar-refractivity contribution in [2.75, 3.05) is 0 Å². The first-order valence-electron chi connectivity index (χ1n) is 2.49. The Kier molecular flexibility index (Phi) is 1.48. The van der Waals surface area contributed by atoms with Crippen LogP contribution < -0.4 is 0 Å². The highest BCUT2D eigenvalue weighted by molar-refractivity contribution is 5.42. The van der Waals surface area contributed by atoms with Crippen molar-refractivity contribution in [2.24, 2.45) is 0 Å². The van der Waals surface area contributed by atoms with Crippen molar-refractivity contribution in [1.82, 2.24) is 20.6 Å². The maximum absolute atomic E-state index is 3.66. The Bertz CT molecular complexity index is 220. The zero-order chi connectivity index (χ0) is 6.69. The van der Waals surface area contributed by atoms with Crippen LogP contribution in [0.4, 0.5) is 0 Å². The van der Waals surface area contributed by atoms with Gasteiger partial charge in [0.1, 0.15) is 5.69 Å². The van der Waals surface area contributed by atoms with Gasteiger partial charge in [0.25, 0.3) is 0 Å². The van der Waals surface area contributed by atoms with Crippen LogP contribution in [-0.2, 0) is 0 Å². The molecular formula is C5H6N4. The van der Waals surface area contributed by atoms with Crippen LogP contribution >= 0.6 is 0 Å². The SMILES string of the molecule is C=Cc1nnnnc1C. The van der Waals surface area contributed by atoms with E-state index in [2.05, 4.69) is 27.2 Å². The molecule has 0 fully saturated rings. The van der Waals surface area contributed by atoms with Crippen molar-refractivity contribution in [3.05, 3.63) is 18.0 Å². The summed E-state index contributed by atoms with van der Waals surface area (Å²) in [6.45, 7) is 5.33. The lowest BCUT2D eigenvalue weighted by atomic mass is 10.3. The smallest absolute Gasteiger partial charge is 0.110 e. The van der Waals surface area contributed by atoms with E-state index in [0.29, 0.717) is 5.69 Å². The molecule has 1 aromatic rings. The lowest BCUT2D eigenvalue weighted by Crippen LogP contribution is -1.97. The first-order valence-corrected chi connectivity index (χ1v) is 2.49. The molecule has 46 valence electrons. The van der Waals surface area contributed by atoms with E-state index in [1.165, 1.54) is 0 Å². The number of rotatable bonds is 1. The Hall–Kier alpha value is -1.32. The maximum atomic E-state index is 3.66. The standard InChI is InChI=1S/C5H6N4/c1-3-5-4(2)6-8-9-7-5/h3H,1H2,2H3. The van der Waals surface area contributed by atoms with E-state index in [1.54, 1.807) is 13.0 Å². The number of hydrogen-bond donors (Lipinski definition) is 0. The lowest BCUT2D eigenvalue weighted by molar-refractivity contribution is 0.736. The normalized spacial score (nSPS) is 9.00. The molecule has 0 aromatic carbocycles. The Labute approximate surface area is 52.6 Å². The summed E-state index contributed by atoms with van der Waals surface area (Å²) in [7, 11) is 0. The van der Waals surface area contributed by atoms with Crippen LogP contribution in [0.5, 0.6) is 0 Å². The summed E-state index contributed by atoms with van der Waals surface area (Å²) in [5, 5.41) is 14.0. The van der Waals surface area contributed by atoms with Gasteiger partial charge in [-0.3, -0.25) is 0 Å². The molecule has 0 bridgehead atoms.